The van der Waals surface area contributed by atoms with Gasteiger partial charge in [0, 0.05) is 0 Å². The molecule has 0 atom stereocenters. The maximum atomic E-state index is 10.5. The van der Waals surface area contributed by atoms with Crippen molar-refractivity contribution in [3.05, 3.63) is 52.6 Å². The van der Waals surface area contributed by atoms with Crippen LogP contribution in [0.15, 0.2) is 6.07 Å². The summed E-state index contributed by atoms with van der Waals surface area (Å²) in [4.78, 5) is 36.7. The molecular formula is C6HN4O8. The summed E-state index contributed by atoms with van der Waals surface area (Å²) in [5, 5.41) is 41.9. The number of hydrogen-bond donors (Lipinski definition) is 0. The SMILES string of the molecule is O=[N+]([O-])c1[c]c([N+](=O)[O-])c([N+](=O)[O-])c([N+](=O)[O-])c1. The van der Waals surface area contributed by atoms with Gasteiger partial charge in [-0.15, -0.1) is 0 Å². The molecule has 18 heavy (non-hydrogen) atoms. The highest BCUT2D eigenvalue weighted by molar-refractivity contribution is 5.69. The second-order valence-electron chi connectivity index (χ2n) is 2.77. The van der Waals surface area contributed by atoms with E-state index in [0.29, 0.717) is 0 Å². The third kappa shape index (κ3) is 2.16. The highest BCUT2D eigenvalue weighted by Gasteiger charge is 2.39. The molecule has 12 heteroatoms. The topological polar surface area (TPSA) is 173 Å². The Kier molecular flexibility index (Phi) is 3.12. The molecule has 0 unspecified atom stereocenters. The molecule has 0 spiro atoms. The molecule has 0 saturated carbocycles. The highest BCUT2D eigenvalue weighted by atomic mass is 16.7. The fourth-order valence-electron chi connectivity index (χ4n) is 1.09. The third-order valence-electron chi connectivity index (χ3n) is 1.75. The number of nitro groups is 4. The van der Waals surface area contributed by atoms with Gasteiger partial charge in [-0.3, -0.25) is 40.5 Å². The monoisotopic (exact) mass is 257 g/mol. The molecule has 0 bridgehead atoms. The van der Waals surface area contributed by atoms with Gasteiger partial charge >= 0.3 is 17.1 Å². The van der Waals surface area contributed by atoms with Crippen LogP contribution in [0.25, 0.3) is 0 Å². The molecule has 0 heterocycles. The Morgan fingerprint density at radius 2 is 1.39 bits per heavy atom. The predicted octanol–water partition coefficient (Wildman–Crippen LogP) is 1.12. The molecule has 0 N–H and O–H groups in total. The lowest BCUT2D eigenvalue weighted by Crippen LogP contribution is -2.03. The lowest BCUT2D eigenvalue weighted by Gasteiger charge is -1.96. The quantitative estimate of drug-likeness (QED) is 0.569. The van der Waals surface area contributed by atoms with Crippen molar-refractivity contribution in [1.82, 2.24) is 0 Å². The van der Waals surface area contributed by atoms with E-state index in [1.54, 1.807) is 6.07 Å². The van der Waals surface area contributed by atoms with Crippen molar-refractivity contribution in [1.29, 1.82) is 0 Å². The minimum Gasteiger partial charge on any atom is -0.258 e. The number of nitro benzene ring substituents is 4. The van der Waals surface area contributed by atoms with Crippen molar-refractivity contribution < 1.29 is 19.7 Å². The molecular weight excluding hydrogens is 256 g/mol. The molecule has 0 aliphatic carbocycles. The first kappa shape index (κ1) is 12.9. The van der Waals surface area contributed by atoms with Crippen molar-refractivity contribution in [3.63, 3.8) is 0 Å². The fraction of sp³-hybridized carbons (Fsp3) is 0. The number of rotatable bonds is 4. The molecule has 0 aliphatic rings. The molecule has 1 radical (unpaired) electrons. The number of nitrogens with zero attached hydrogens (tertiary/aromatic N) is 4. The van der Waals surface area contributed by atoms with Gasteiger partial charge < -0.3 is 0 Å². The van der Waals surface area contributed by atoms with Crippen LogP contribution < -0.4 is 0 Å². The Morgan fingerprint density at radius 3 is 1.72 bits per heavy atom. The van der Waals surface area contributed by atoms with E-state index < -0.39 is 42.4 Å². The van der Waals surface area contributed by atoms with E-state index in [4.69, 9.17) is 0 Å². The van der Waals surface area contributed by atoms with E-state index in [9.17, 15) is 40.5 Å². The van der Waals surface area contributed by atoms with Crippen molar-refractivity contribution in [3.8, 4) is 0 Å². The van der Waals surface area contributed by atoms with E-state index in [1.165, 1.54) is 0 Å². The smallest absolute Gasteiger partial charge is 0.258 e. The van der Waals surface area contributed by atoms with E-state index >= 15 is 0 Å². The molecule has 1 aromatic carbocycles. The third-order valence-corrected chi connectivity index (χ3v) is 1.75. The van der Waals surface area contributed by atoms with Crippen molar-refractivity contribution in [2.75, 3.05) is 0 Å². The van der Waals surface area contributed by atoms with E-state index in [-0.39, 0.29) is 6.07 Å². The largest absolute Gasteiger partial charge is 0.423 e. The fourth-order valence-corrected chi connectivity index (χ4v) is 1.09. The Labute approximate surface area is 96.0 Å². The lowest BCUT2D eigenvalue weighted by atomic mass is 10.2. The van der Waals surface area contributed by atoms with E-state index in [0.717, 1.165) is 0 Å². The van der Waals surface area contributed by atoms with Crippen LogP contribution >= 0.6 is 0 Å². The molecule has 0 amide bonds. The maximum absolute atomic E-state index is 10.5. The number of hydrogen-bond acceptors (Lipinski definition) is 8. The zero-order valence-electron chi connectivity index (χ0n) is 8.13. The molecule has 1 aromatic rings. The minimum atomic E-state index is -1.45. The molecule has 1 rings (SSSR count). The second-order valence-corrected chi connectivity index (χ2v) is 2.77. The maximum Gasteiger partial charge on any atom is 0.423 e. The van der Waals surface area contributed by atoms with Gasteiger partial charge in [-0.05, 0) is 0 Å². The van der Waals surface area contributed by atoms with E-state index in [1.807, 2.05) is 0 Å². The van der Waals surface area contributed by atoms with Gasteiger partial charge in [0.25, 0.3) is 5.69 Å². The van der Waals surface area contributed by atoms with Gasteiger partial charge in [-0.2, -0.15) is 0 Å². The normalized spacial score (nSPS) is 9.78. The first-order chi connectivity index (χ1) is 8.25. The zero-order chi connectivity index (χ0) is 14.0. The van der Waals surface area contributed by atoms with Crippen LogP contribution in [0, 0.1) is 46.5 Å². The number of non-ortho nitro benzene ring substituents is 1. The van der Waals surface area contributed by atoms with Crippen LogP contribution in [-0.4, -0.2) is 19.7 Å². The zero-order valence-corrected chi connectivity index (χ0v) is 8.13. The summed E-state index contributed by atoms with van der Waals surface area (Å²) in [5.74, 6) is 0. The Balaban J connectivity index is 3.76. The van der Waals surface area contributed by atoms with Gasteiger partial charge in [0.05, 0.1) is 19.7 Å². The summed E-state index contributed by atoms with van der Waals surface area (Å²) in [6, 6.07) is 1.79. The first-order valence-corrected chi connectivity index (χ1v) is 3.93. The molecule has 0 aromatic heterocycles. The average Bonchev–Trinajstić information content (AvgIpc) is 2.26. The standard InChI is InChI=1S/C6HN4O8/c11-7(12)3-1-4(8(13)14)6(10(17)18)5(2-3)9(15)16/h1H. The number of benzene rings is 1. The van der Waals surface area contributed by atoms with Crippen molar-refractivity contribution >= 4 is 22.7 Å². The summed E-state index contributed by atoms with van der Waals surface area (Å²) in [6.45, 7) is 0. The first-order valence-electron chi connectivity index (χ1n) is 3.93. The van der Waals surface area contributed by atoms with Gasteiger partial charge in [0.15, 0.2) is 6.07 Å². The van der Waals surface area contributed by atoms with Crippen LogP contribution in [-0.2, 0) is 0 Å². The summed E-state index contributed by atoms with van der Waals surface area (Å²) in [5.41, 5.74) is -5.31. The van der Waals surface area contributed by atoms with Crippen LogP contribution in [0.3, 0.4) is 0 Å². The summed E-state index contributed by atoms with van der Waals surface area (Å²) in [7, 11) is 0. The lowest BCUT2D eigenvalue weighted by molar-refractivity contribution is -0.443. The van der Waals surface area contributed by atoms with E-state index in [2.05, 4.69) is 0 Å². The summed E-state index contributed by atoms with van der Waals surface area (Å²) in [6.07, 6.45) is 0. The Bertz CT molecular complexity index is 546. The van der Waals surface area contributed by atoms with Crippen molar-refractivity contribution in [2.45, 2.75) is 0 Å². The molecule has 0 fully saturated rings. The Hall–Kier alpha value is -3.18. The van der Waals surface area contributed by atoms with Crippen LogP contribution in [0.5, 0.6) is 0 Å². The minimum absolute atomic E-state index is 0.241. The van der Waals surface area contributed by atoms with Crippen LogP contribution in [0.2, 0.25) is 0 Å². The van der Waals surface area contributed by atoms with Gasteiger partial charge in [0.1, 0.15) is 6.07 Å². The van der Waals surface area contributed by atoms with Crippen molar-refractivity contribution in [2.24, 2.45) is 0 Å². The van der Waals surface area contributed by atoms with Gasteiger partial charge in [0.2, 0.25) is 0 Å². The molecule has 93 valence electrons. The van der Waals surface area contributed by atoms with Gasteiger partial charge in [-0.1, -0.05) is 0 Å². The second kappa shape index (κ2) is 4.36. The molecule has 12 nitrogen and oxygen atoms in total. The summed E-state index contributed by atoms with van der Waals surface area (Å²) >= 11 is 0. The molecule has 0 saturated heterocycles. The summed E-state index contributed by atoms with van der Waals surface area (Å²) < 4.78 is 0. The van der Waals surface area contributed by atoms with Gasteiger partial charge in [-0.25, -0.2) is 0 Å². The highest BCUT2D eigenvalue weighted by Crippen LogP contribution is 2.39. The molecule has 0 aliphatic heterocycles. The van der Waals surface area contributed by atoms with Crippen LogP contribution in [0.1, 0.15) is 0 Å². The average molecular weight is 257 g/mol. The predicted molar refractivity (Wildman–Crippen MR) is 51.9 cm³/mol. The Morgan fingerprint density at radius 1 is 0.833 bits per heavy atom. The van der Waals surface area contributed by atoms with Crippen LogP contribution in [0.4, 0.5) is 22.7 Å².